The summed E-state index contributed by atoms with van der Waals surface area (Å²) in [6.07, 6.45) is 0. The van der Waals surface area contributed by atoms with Gasteiger partial charge in [0.15, 0.2) is 0 Å². The summed E-state index contributed by atoms with van der Waals surface area (Å²) in [5, 5.41) is 0. The van der Waals surface area contributed by atoms with E-state index in [0.717, 1.165) is 0 Å². The number of benzene rings is 2. The molecule has 0 amide bonds. The van der Waals surface area contributed by atoms with Crippen LogP contribution in [0.4, 0.5) is 0 Å². The highest BCUT2D eigenvalue weighted by Crippen LogP contribution is 2.48. The fourth-order valence-corrected chi connectivity index (χ4v) is 2.12. The van der Waals surface area contributed by atoms with Crippen molar-refractivity contribution in [3.05, 3.63) is 48.0 Å². The Balaban J connectivity index is 2.35. The van der Waals surface area contributed by atoms with Crippen LogP contribution in [0.5, 0.6) is 0 Å². The van der Waals surface area contributed by atoms with Gasteiger partial charge in [-0.2, -0.15) is 0 Å². The lowest BCUT2D eigenvalue weighted by molar-refractivity contribution is 1.41. The summed E-state index contributed by atoms with van der Waals surface area (Å²) in [5.74, 6) is 0. The van der Waals surface area contributed by atoms with Crippen molar-refractivity contribution < 1.29 is 0 Å². The van der Waals surface area contributed by atoms with E-state index < -0.39 is 0 Å². The van der Waals surface area contributed by atoms with Gasteiger partial charge in [-0.1, -0.05) is 42.5 Å². The summed E-state index contributed by atoms with van der Waals surface area (Å²) < 4.78 is 0. The minimum absolute atomic E-state index is 1.39. The van der Waals surface area contributed by atoms with E-state index >= 15 is 0 Å². The minimum Gasteiger partial charge on any atom is -0.0616 e. The second kappa shape index (κ2) is 2.23. The molecule has 1 aliphatic carbocycles. The van der Waals surface area contributed by atoms with E-state index in [2.05, 4.69) is 49.4 Å². The molecular weight excluding hydrogens is 156 g/mol. The standard InChI is InChI=1S/C13H10/c1-9-5-4-8-12-10-6-2-3-7-11(10)13(9)12/h2-8H,1H3. The summed E-state index contributed by atoms with van der Waals surface area (Å²) in [7, 11) is 0. The lowest BCUT2D eigenvalue weighted by Gasteiger charge is -2.25. The van der Waals surface area contributed by atoms with E-state index in [0.29, 0.717) is 0 Å². The van der Waals surface area contributed by atoms with Gasteiger partial charge in [0.25, 0.3) is 0 Å². The van der Waals surface area contributed by atoms with Crippen LogP contribution in [0.15, 0.2) is 42.5 Å². The first kappa shape index (κ1) is 6.90. The molecule has 0 bridgehead atoms. The third-order valence-corrected chi connectivity index (χ3v) is 2.76. The number of hydrogen-bond acceptors (Lipinski definition) is 0. The first-order valence-electron chi connectivity index (χ1n) is 4.57. The van der Waals surface area contributed by atoms with Gasteiger partial charge in [-0.25, -0.2) is 0 Å². The van der Waals surface area contributed by atoms with Crippen molar-refractivity contribution in [1.29, 1.82) is 0 Å². The average molecular weight is 166 g/mol. The summed E-state index contributed by atoms with van der Waals surface area (Å²) in [5.41, 5.74) is 7.06. The minimum atomic E-state index is 1.39. The fourth-order valence-electron chi connectivity index (χ4n) is 2.12. The summed E-state index contributed by atoms with van der Waals surface area (Å²) in [6.45, 7) is 2.18. The highest BCUT2D eigenvalue weighted by molar-refractivity contribution is 6.03. The number of hydrogen-bond donors (Lipinski definition) is 0. The highest BCUT2D eigenvalue weighted by Gasteiger charge is 2.22. The number of rotatable bonds is 0. The largest absolute Gasteiger partial charge is 0.0616 e. The van der Waals surface area contributed by atoms with Crippen molar-refractivity contribution in [3.63, 3.8) is 0 Å². The molecule has 0 heteroatoms. The van der Waals surface area contributed by atoms with Crippen LogP contribution in [0.25, 0.3) is 22.3 Å². The molecule has 0 radical (unpaired) electrons. The molecule has 0 N–H and O–H groups in total. The van der Waals surface area contributed by atoms with Crippen molar-refractivity contribution in [2.45, 2.75) is 6.92 Å². The van der Waals surface area contributed by atoms with Crippen LogP contribution in [-0.4, -0.2) is 0 Å². The second-order valence-corrected chi connectivity index (χ2v) is 3.54. The Morgan fingerprint density at radius 2 is 1.38 bits per heavy atom. The highest BCUT2D eigenvalue weighted by atomic mass is 14.2. The first-order chi connectivity index (χ1) is 6.38. The summed E-state index contributed by atoms with van der Waals surface area (Å²) >= 11 is 0. The molecule has 0 saturated heterocycles. The molecule has 0 heterocycles. The van der Waals surface area contributed by atoms with Gasteiger partial charge >= 0.3 is 0 Å². The second-order valence-electron chi connectivity index (χ2n) is 3.54. The van der Waals surface area contributed by atoms with Crippen LogP contribution in [0.2, 0.25) is 0 Å². The van der Waals surface area contributed by atoms with Crippen LogP contribution in [-0.2, 0) is 0 Å². The quantitative estimate of drug-likeness (QED) is 0.478. The van der Waals surface area contributed by atoms with Gasteiger partial charge in [-0.05, 0) is 34.7 Å². The Kier molecular flexibility index (Phi) is 1.18. The molecule has 0 atom stereocenters. The van der Waals surface area contributed by atoms with E-state index in [1.165, 1.54) is 27.8 Å². The Morgan fingerprint density at radius 1 is 0.692 bits per heavy atom. The van der Waals surface area contributed by atoms with Gasteiger partial charge in [0.2, 0.25) is 0 Å². The molecule has 3 rings (SSSR count). The molecule has 13 heavy (non-hydrogen) atoms. The topological polar surface area (TPSA) is 0 Å². The number of aryl methyl sites for hydroxylation is 1. The number of fused-ring (bicyclic) bond motifs is 4. The molecule has 2 aromatic carbocycles. The average Bonchev–Trinajstić information content (AvgIpc) is 2.14. The Bertz CT molecular complexity index is 481. The van der Waals surface area contributed by atoms with Crippen LogP contribution in [0, 0.1) is 6.92 Å². The monoisotopic (exact) mass is 166 g/mol. The van der Waals surface area contributed by atoms with E-state index in [4.69, 9.17) is 0 Å². The summed E-state index contributed by atoms with van der Waals surface area (Å²) in [6, 6.07) is 15.1. The molecule has 0 aromatic heterocycles. The lowest BCUT2D eigenvalue weighted by atomic mass is 9.78. The van der Waals surface area contributed by atoms with Crippen LogP contribution in [0.3, 0.4) is 0 Å². The molecule has 1 aliphatic rings. The maximum absolute atomic E-state index is 2.20. The Labute approximate surface area is 77.8 Å². The van der Waals surface area contributed by atoms with Crippen LogP contribution < -0.4 is 0 Å². The first-order valence-corrected chi connectivity index (χ1v) is 4.57. The Morgan fingerprint density at radius 3 is 2.23 bits per heavy atom. The molecular formula is C13H10. The predicted molar refractivity (Wildman–Crippen MR) is 55.6 cm³/mol. The molecule has 0 nitrogen and oxygen atoms in total. The molecule has 2 aromatic rings. The van der Waals surface area contributed by atoms with Gasteiger partial charge in [0.05, 0.1) is 0 Å². The molecule has 0 unspecified atom stereocenters. The SMILES string of the molecule is Cc1cccc2c1-c1ccccc1-2. The smallest absolute Gasteiger partial charge is 0.00697 e. The van der Waals surface area contributed by atoms with Crippen LogP contribution in [0.1, 0.15) is 5.56 Å². The van der Waals surface area contributed by atoms with Crippen LogP contribution >= 0.6 is 0 Å². The molecule has 0 saturated carbocycles. The lowest BCUT2D eigenvalue weighted by Crippen LogP contribution is -1.99. The van der Waals surface area contributed by atoms with Gasteiger partial charge in [0, 0.05) is 0 Å². The third-order valence-electron chi connectivity index (χ3n) is 2.76. The van der Waals surface area contributed by atoms with Gasteiger partial charge < -0.3 is 0 Å². The predicted octanol–water partition coefficient (Wildman–Crippen LogP) is 3.64. The van der Waals surface area contributed by atoms with Gasteiger partial charge in [0.1, 0.15) is 0 Å². The van der Waals surface area contributed by atoms with Gasteiger partial charge in [-0.3, -0.25) is 0 Å². The molecule has 62 valence electrons. The van der Waals surface area contributed by atoms with Crippen molar-refractivity contribution in [2.75, 3.05) is 0 Å². The Hall–Kier alpha value is -1.56. The maximum Gasteiger partial charge on any atom is -0.00697 e. The normalized spacial score (nSPS) is 11.5. The van der Waals surface area contributed by atoms with Crippen molar-refractivity contribution in [1.82, 2.24) is 0 Å². The van der Waals surface area contributed by atoms with Crippen molar-refractivity contribution in [2.24, 2.45) is 0 Å². The molecule has 0 spiro atoms. The van der Waals surface area contributed by atoms with E-state index in [9.17, 15) is 0 Å². The maximum atomic E-state index is 2.20. The zero-order valence-corrected chi connectivity index (χ0v) is 7.54. The van der Waals surface area contributed by atoms with E-state index in [1.807, 2.05) is 0 Å². The fraction of sp³-hybridized carbons (Fsp3) is 0.0769. The zero-order valence-electron chi connectivity index (χ0n) is 7.54. The van der Waals surface area contributed by atoms with Crippen molar-refractivity contribution in [3.8, 4) is 22.3 Å². The third kappa shape index (κ3) is 0.752. The summed E-state index contributed by atoms with van der Waals surface area (Å²) in [4.78, 5) is 0. The van der Waals surface area contributed by atoms with E-state index in [1.54, 1.807) is 0 Å². The zero-order chi connectivity index (χ0) is 8.84. The van der Waals surface area contributed by atoms with Gasteiger partial charge in [-0.15, -0.1) is 0 Å². The molecule has 0 fully saturated rings. The van der Waals surface area contributed by atoms with Crippen molar-refractivity contribution >= 4 is 0 Å². The molecule has 0 aliphatic heterocycles. The van der Waals surface area contributed by atoms with E-state index in [-0.39, 0.29) is 0 Å².